The summed E-state index contributed by atoms with van der Waals surface area (Å²) in [4.78, 5) is 2.54. The summed E-state index contributed by atoms with van der Waals surface area (Å²) in [5, 5.41) is 13.5. The van der Waals surface area contributed by atoms with Crippen LogP contribution in [0.25, 0.3) is 0 Å². The SMILES string of the molecule is COc1cc([C@H](CCC(C)C)N2CCNCC2)cc(Br)c1O.Cl.Cl. The van der Waals surface area contributed by atoms with Crippen LogP contribution < -0.4 is 10.1 Å². The highest BCUT2D eigenvalue weighted by atomic mass is 79.9. The van der Waals surface area contributed by atoms with Crippen LogP contribution in [0.5, 0.6) is 11.5 Å². The number of piperazine rings is 1. The summed E-state index contributed by atoms with van der Waals surface area (Å²) in [7, 11) is 1.60. The molecule has 1 atom stereocenters. The lowest BCUT2D eigenvalue weighted by atomic mass is 9.95. The number of phenols is 1. The Morgan fingerprint density at radius 1 is 1.21 bits per heavy atom. The maximum absolute atomic E-state index is 10.0. The van der Waals surface area contributed by atoms with Gasteiger partial charge in [0.2, 0.25) is 0 Å². The lowest BCUT2D eigenvalue weighted by Crippen LogP contribution is -2.45. The van der Waals surface area contributed by atoms with Crippen molar-refractivity contribution in [1.82, 2.24) is 10.2 Å². The molecule has 0 amide bonds. The van der Waals surface area contributed by atoms with E-state index in [1.807, 2.05) is 12.1 Å². The Morgan fingerprint density at radius 2 is 1.83 bits per heavy atom. The second-order valence-corrected chi connectivity index (χ2v) is 7.18. The third-order valence-corrected chi connectivity index (χ3v) is 4.87. The molecule has 24 heavy (non-hydrogen) atoms. The molecule has 4 nitrogen and oxygen atoms in total. The number of halogens is 3. The van der Waals surface area contributed by atoms with Crippen molar-refractivity contribution in [1.29, 1.82) is 0 Å². The number of benzene rings is 1. The first-order valence-corrected chi connectivity index (χ1v) is 8.83. The second-order valence-electron chi connectivity index (χ2n) is 6.33. The van der Waals surface area contributed by atoms with Crippen LogP contribution in [0.4, 0.5) is 0 Å². The Morgan fingerprint density at radius 3 is 2.38 bits per heavy atom. The number of methoxy groups -OCH3 is 1. The van der Waals surface area contributed by atoms with Crippen molar-refractivity contribution in [3.63, 3.8) is 0 Å². The number of hydrogen-bond acceptors (Lipinski definition) is 4. The molecular weight excluding hydrogens is 415 g/mol. The quantitative estimate of drug-likeness (QED) is 0.684. The van der Waals surface area contributed by atoms with Gasteiger partial charge in [0.25, 0.3) is 0 Å². The van der Waals surface area contributed by atoms with Crippen LogP contribution in [0.1, 0.15) is 38.3 Å². The van der Waals surface area contributed by atoms with E-state index in [0.29, 0.717) is 22.2 Å². The van der Waals surface area contributed by atoms with E-state index in [9.17, 15) is 5.11 Å². The van der Waals surface area contributed by atoms with Gasteiger partial charge < -0.3 is 15.2 Å². The first kappa shape index (κ1) is 23.8. The molecule has 1 aromatic carbocycles. The van der Waals surface area contributed by atoms with E-state index in [2.05, 4.69) is 40.0 Å². The lowest BCUT2D eigenvalue weighted by Gasteiger charge is -2.36. The molecule has 0 bridgehead atoms. The number of ether oxygens (including phenoxy) is 1. The Labute approximate surface area is 166 Å². The number of aromatic hydroxyl groups is 1. The van der Waals surface area contributed by atoms with Crippen LogP contribution in [0.3, 0.4) is 0 Å². The first-order valence-electron chi connectivity index (χ1n) is 8.04. The van der Waals surface area contributed by atoms with Crippen molar-refractivity contribution in [2.45, 2.75) is 32.7 Å². The summed E-state index contributed by atoms with van der Waals surface area (Å²) in [5.41, 5.74) is 1.21. The zero-order valence-electron chi connectivity index (χ0n) is 14.5. The first-order chi connectivity index (χ1) is 10.5. The van der Waals surface area contributed by atoms with Gasteiger partial charge in [-0.3, -0.25) is 4.90 Å². The smallest absolute Gasteiger partial charge is 0.172 e. The molecule has 0 spiro atoms. The standard InChI is InChI=1S/C17H27BrN2O2.2ClH/c1-12(2)4-5-15(20-8-6-19-7-9-20)13-10-14(18)17(21)16(11-13)22-3;;/h10-12,15,19,21H,4-9H2,1-3H3;2*1H/t15-;;/m0../s1. The Bertz CT molecular complexity index is 498. The second kappa shape index (κ2) is 11.4. The van der Waals surface area contributed by atoms with Crippen molar-refractivity contribution in [2.75, 3.05) is 33.3 Å². The van der Waals surface area contributed by atoms with Gasteiger partial charge in [-0.2, -0.15) is 0 Å². The monoisotopic (exact) mass is 442 g/mol. The predicted molar refractivity (Wildman–Crippen MR) is 108 cm³/mol. The molecule has 2 rings (SSSR count). The number of phenolic OH excluding ortho intramolecular Hbond substituents is 1. The van der Waals surface area contributed by atoms with E-state index in [0.717, 1.165) is 32.6 Å². The molecule has 1 saturated heterocycles. The minimum atomic E-state index is 0. The topological polar surface area (TPSA) is 44.7 Å². The van der Waals surface area contributed by atoms with Crippen LogP contribution in [-0.4, -0.2) is 43.3 Å². The summed E-state index contributed by atoms with van der Waals surface area (Å²) in [5.74, 6) is 1.40. The van der Waals surface area contributed by atoms with Crippen LogP contribution in [-0.2, 0) is 0 Å². The molecule has 0 aliphatic carbocycles. The van der Waals surface area contributed by atoms with Gasteiger partial charge in [0.1, 0.15) is 0 Å². The summed E-state index contributed by atoms with van der Waals surface area (Å²) in [6.45, 7) is 8.72. The molecule has 0 unspecified atom stereocenters. The molecule has 1 heterocycles. The van der Waals surface area contributed by atoms with Crippen molar-refractivity contribution in [2.24, 2.45) is 5.92 Å². The van der Waals surface area contributed by atoms with Crippen LogP contribution in [0.15, 0.2) is 16.6 Å². The van der Waals surface area contributed by atoms with E-state index in [1.165, 1.54) is 12.0 Å². The maximum atomic E-state index is 10.0. The molecule has 140 valence electrons. The highest BCUT2D eigenvalue weighted by molar-refractivity contribution is 9.10. The van der Waals surface area contributed by atoms with Gasteiger partial charge >= 0.3 is 0 Å². The summed E-state index contributed by atoms with van der Waals surface area (Å²) in [6, 6.07) is 4.38. The van der Waals surface area contributed by atoms with E-state index < -0.39 is 0 Å². The van der Waals surface area contributed by atoms with Gasteiger partial charge in [-0.1, -0.05) is 13.8 Å². The number of nitrogens with one attached hydrogen (secondary N) is 1. The van der Waals surface area contributed by atoms with E-state index in [-0.39, 0.29) is 30.6 Å². The Kier molecular flexibility index (Phi) is 11.3. The Balaban J connectivity index is 0.00000264. The number of hydrogen-bond donors (Lipinski definition) is 2. The molecule has 7 heteroatoms. The van der Waals surface area contributed by atoms with Gasteiger partial charge in [-0.05, 0) is 52.4 Å². The van der Waals surface area contributed by atoms with Crippen LogP contribution >= 0.6 is 40.7 Å². The molecule has 1 aliphatic heterocycles. The molecule has 0 aromatic heterocycles. The predicted octanol–water partition coefficient (Wildman–Crippen LogP) is 4.39. The molecule has 0 radical (unpaired) electrons. The van der Waals surface area contributed by atoms with Gasteiger partial charge in [0.15, 0.2) is 11.5 Å². The maximum Gasteiger partial charge on any atom is 0.172 e. The fourth-order valence-corrected chi connectivity index (χ4v) is 3.45. The van der Waals surface area contributed by atoms with Gasteiger partial charge in [-0.25, -0.2) is 0 Å². The average molecular weight is 444 g/mol. The lowest BCUT2D eigenvalue weighted by molar-refractivity contribution is 0.159. The minimum Gasteiger partial charge on any atom is -0.503 e. The van der Waals surface area contributed by atoms with E-state index >= 15 is 0 Å². The highest BCUT2D eigenvalue weighted by Gasteiger charge is 2.24. The molecule has 1 aromatic rings. The summed E-state index contributed by atoms with van der Waals surface area (Å²) in [6.07, 6.45) is 2.31. The van der Waals surface area contributed by atoms with Crippen molar-refractivity contribution >= 4 is 40.7 Å². The minimum absolute atomic E-state index is 0. The fraction of sp³-hybridized carbons (Fsp3) is 0.647. The zero-order chi connectivity index (χ0) is 16.1. The molecule has 1 fully saturated rings. The third kappa shape index (κ3) is 6.26. The van der Waals surface area contributed by atoms with E-state index in [1.54, 1.807) is 7.11 Å². The van der Waals surface area contributed by atoms with Gasteiger partial charge in [-0.15, -0.1) is 24.8 Å². The largest absolute Gasteiger partial charge is 0.503 e. The summed E-state index contributed by atoms with van der Waals surface area (Å²) >= 11 is 3.45. The molecule has 1 aliphatic rings. The molecule has 2 N–H and O–H groups in total. The summed E-state index contributed by atoms with van der Waals surface area (Å²) < 4.78 is 6.02. The van der Waals surface area contributed by atoms with Crippen molar-refractivity contribution < 1.29 is 9.84 Å². The average Bonchev–Trinajstić information content (AvgIpc) is 2.51. The number of nitrogens with zero attached hydrogens (tertiary/aromatic N) is 1. The third-order valence-electron chi connectivity index (χ3n) is 4.27. The van der Waals surface area contributed by atoms with Crippen molar-refractivity contribution in [3.8, 4) is 11.5 Å². The Hall–Kier alpha value is -0.200. The van der Waals surface area contributed by atoms with Crippen LogP contribution in [0, 0.1) is 5.92 Å². The number of rotatable bonds is 6. The molecular formula is C17H29BrCl2N2O2. The van der Waals surface area contributed by atoms with E-state index in [4.69, 9.17) is 4.74 Å². The highest BCUT2D eigenvalue weighted by Crippen LogP contribution is 2.39. The van der Waals surface area contributed by atoms with Gasteiger partial charge in [0, 0.05) is 32.2 Å². The van der Waals surface area contributed by atoms with Crippen molar-refractivity contribution in [3.05, 3.63) is 22.2 Å². The zero-order valence-corrected chi connectivity index (χ0v) is 17.8. The normalized spacial score (nSPS) is 16.2. The molecule has 0 saturated carbocycles. The van der Waals surface area contributed by atoms with Crippen LogP contribution in [0.2, 0.25) is 0 Å². The fourth-order valence-electron chi connectivity index (χ4n) is 2.99. The van der Waals surface area contributed by atoms with Gasteiger partial charge in [0.05, 0.1) is 11.6 Å².